The molecule has 0 saturated carbocycles. The van der Waals surface area contributed by atoms with Crippen molar-refractivity contribution < 1.29 is 14.3 Å². The van der Waals surface area contributed by atoms with Gasteiger partial charge in [0.15, 0.2) is 5.13 Å². The van der Waals surface area contributed by atoms with Crippen molar-refractivity contribution in [1.82, 2.24) is 14.5 Å². The first-order chi connectivity index (χ1) is 14.2. The maximum Gasteiger partial charge on any atom is 0.350 e. The number of nitrogens with zero attached hydrogens (tertiary/aromatic N) is 2. The molecule has 10 heteroatoms. The van der Waals surface area contributed by atoms with Crippen LogP contribution in [-0.4, -0.2) is 33.0 Å². The molecule has 0 bridgehead atoms. The molecule has 0 aliphatic carbocycles. The Morgan fingerprint density at radius 3 is 2.63 bits per heavy atom. The molecule has 0 spiro atoms. The summed E-state index contributed by atoms with van der Waals surface area (Å²) in [6.45, 7) is 7.03. The Kier molecular flexibility index (Phi) is 6.16. The van der Waals surface area contributed by atoms with Crippen LogP contribution < -0.4 is 16.6 Å². The summed E-state index contributed by atoms with van der Waals surface area (Å²) in [4.78, 5) is 57.7. The minimum Gasteiger partial charge on any atom is -0.462 e. The van der Waals surface area contributed by atoms with Gasteiger partial charge in [0.1, 0.15) is 10.9 Å². The lowest BCUT2D eigenvalue weighted by Gasteiger charge is -2.21. The Bertz CT molecular complexity index is 1220. The normalized spacial score (nSPS) is 12.2. The van der Waals surface area contributed by atoms with Gasteiger partial charge in [0.2, 0.25) is 5.91 Å². The summed E-state index contributed by atoms with van der Waals surface area (Å²) < 4.78 is 5.91. The number of aromatic nitrogens is 3. The molecular formula is C20H22N4O5S. The van der Waals surface area contributed by atoms with Crippen molar-refractivity contribution in [2.24, 2.45) is 5.92 Å². The highest BCUT2D eigenvalue weighted by molar-refractivity contribution is 7.17. The zero-order valence-corrected chi connectivity index (χ0v) is 17.8. The number of aryl methyl sites for hydroxylation is 1. The predicted molar refractivity (Wildman–Crippen MR) is 114 cm³/mol. The van der Waals surface area contributed by atoms with E-state index in [2.05, 4.69) is 15.3 Å². The highest BCUT2D eigenvalue weighted by Crippen LogP contribution is 2.25. The smallest absolute Gasteiger partial charge is 0.350 e. The first kappa shape index (κ1) is 21.4. The minimum absolute atomic E-state index is 0.191. The number of amides is 1. The largest absolute Gasteiger partial charge is 0.462 e. The molecule has 0 radical (unpaired) electrons. The molecule has 0 saturated heterocycles. The Balaban J connectivity index is 1.99. The van der Waals surface area contributed by atoms with E-state index in [0.29, 0.717) is 16.6 Å². The molecule has 2 heterocycles. The molecule has 0 unspecified atom stereocenters. The summed E-state index contributed by atoms with van der Waals surface area (Å²) in [6.07, 6.45) is 0. The van der Waals surface area contributed by atoms with Crippen LogP contribution in [0.5, 0.6) is 0 Å². The third kappa shape index (κ3) is 4.04. The number of esters is 1. The summed E-state index contributed by atoms with van der Waals surface area (Å²) in [5, 5.41) is 3.13. The topological polar surface area (TPSA) is 123 Å². The molecule has 1 atom stereocenters. The quantitative estimate of drug-likeness (QED) is 0.579. The molecule has 158 valence electrons. The molecule has 0 aliphatic rings. The van der Waals surface area contributed by atoms with E-state index in [0.717, 1.165) is 15.9 Å². The van der Waals surface area contributed by atoms with Crippen LogP contribution in [0.4, 0.5) is 5.13 Å². The fourth-order valence-corrected chi connectivity index (χ4v) is 4.03. The Morgan fingerprint density at radius 2 is 1.97 bits per heavy atom. The SMILES string of the molecule is CCOC(=O)c1sc(NC(=O)[C@H](C(C)C)n2c(=O)[nH]c3ccccc3c2=O)nc1C. The van der Waals surface area contributed by atoms with E-state index >= 15 is 0 Å². The number of ether oxygens (including phenoxy) is 1. The number of rotatable bonds is 6. The van der Waals surface area contributed by atoms with Gasteiger partial charge >= 0.3 is 11.7 Å². The molecule has 0 aliphatic heterocycles. The second kappa shape index (κ2) is 8.62. The number of anilines is 1. The van der Waals surface area contributed by atoms with Gasteiger partial charge in [-0.25, -0.2) is 19.1 Å². The highest BCUT2D eigenvalue weighted by Gasteiger charge is 2.29. The van der Waals surface area contributed by atoms with Crippen LogP contribution in [0.25, 0.3) is 10.9 Å². The number of hydrogen-bond donors (Lipinski definition) is 2. The second-order valence-electron chi connectivity index (χ2n) is 6.98. The average Bonchev–Trinajstić information content (AvgIpc) is 3.04. The Morgan fingerprint density at radius 1 is 1.27 bits per heavy atom. The van der Waals surface area contributed by atoms with E-state index in [1.54, 1.807) is 52.0 Å². The van der Waals surface area contributed by atoms with E-state index in [4.69, 9.17) is 4.74 Å². The van der Waals surface area contributed by atoms with E-state index in [1.807, 2.05) is 0 Å². The highest BCUT2D eigenvalue weighted by atomic mass is 32.1. The van der Waals surface area contributed by atoms with Gasteiger partial charge in [-0.05, 0) is 31.9 Å². The fourth-order valence-electron chi connectivity index (χ4n) is 3.16. The number of carbonyl (C=O) groups excluding carboxylic acids is 2. The number of fused-ring (bicyclic) bond motifs is 1. The molecule has 1 aromatic carbocycles. The van der Waals surface area contributed by atoms with Gasteiger partial charge in [-0.2, -0.15) is 0 Å². The van der Waals surface area contributed by atoms with Crippen molar-refractivity contribution in [3.63, 3.8) is 0 Å². The lowest BCUT2D eigenvalue weighted by Crippen LogP contribution is -2.44. The van der Waals surface area contributed by atoms with E-state index in [9.17, 15) is 19.2 Å². The average molecular weight is 430 g/mol. The van der Waals surface area contributed by atoms with E-state index in [1.165, 1.54) is 0 Å². The van der Waals surface area contributed by atoms with Gasteiger partial charge < -0.3 is 15.0 Å². The first-order valence-electron chi connectivity index (χ1n) is 9.43. The van der Waals surface area contributed by atoms with Gasteiger partial charge in [-0.15, -0.1) is 0 Å². The second-order valence-corrected chi connectivity index (χ2v) is 7.98. The van der Waals surface area contributed by atoms with Crippen LogP contribution in [0.1, 0.15) is 42.2 Å². The first-order valence-corrected chi connectivity index (χ1v) is 10.2. The van der Waals surface area contributed by atoms with Crippen molar-refractivity contribution >= 4 is 39.2 Å². The lowest BCUT2D eigenvalue weighted by molar-refractivity contribution is -0.120. The number of nitrogens with one attached hydrogen (secondary N) is 2. The van der Waals surface area contributed by atoms with Crippen molar-refractivity contribution in [1.29, 1.82) is 0 Å². The van der Waals surface area contributed by atoms with Gasteiger partial charge in [0.25, 0.3) is 5.56 Å². The lowest BCUT2D eigenvalue weighted by atomic mass is 10.0. The van der Waals surface area contributed by atoms with Gasteiger partial charge in [0.05, 0.1) is 23.2 Å². The number of carbonyl (C=O) groups is 2. The standard InChI is InChI=1S/C20H22N4O5S/c1-5-29-18(27)15-11(4)21-19(30-15)23-16(25)14(10(2)3)24-17(26)12-8-6-7-9-13(12)22-20(24)28/h6-10,14H,5H2,1-4H3,(H,22,28)(H,21,23,25)/t14-/m0/s1. The third-order valence-electron chi connectivity index (χ3n) is 4.50. The van der Waals surface area contributed by atoms with Crippen molar-refractivity contribution in [3.8, 4) is 0 Å². The van der Waals surface area contributed by atoms with E-state index in [-0.39, 0.29) is 22.5 Å². The fraction of sp³-hybridized carbons (Fsp3) is 0.350. The zero-order chi connectivity index (χ0) is 22.0. The van der Waals surface area contributed by atoms with Crippen LogP contribution in [0.2, 0.25) is 0 Å². The summed E-state index contributed by atoms with van der Waals surface area (Å²) in [5.74, 6) is -1.46. The number of H-pyrrole nitrogens is 1. The van der Waals surface area contributed by atoms with E-state index < -0.39 is 29.2 Å². The number of benzene rings is 1. The molecule has 9 nitrogen and oxygen atoms in total. The molecule has 2 N–H and O–H groups in total. The molecule has 3 aromatic rings. The van der Waals surface area contributed by atoms with Gasteiger partial charge in [-0.3, -0.25) is 9.59 Å². The summed E-state index contributed by atoms with van der Waals surface area (Å²) >= 11 is 0.980. The molecular weight excluding hydrogens is 408 g/mol. The molecule has 30 heavy (non-hydrogen) atoms. The molecule has 2 aromatic heterocycles. The van der Waals surface area contributed by atoms with Crippen LogP contribution in [0.3, 0.4) is 0 Å². The monoisotopic (exact) mass is 430 g/mol. The number of para-hydroxylation sites is 1. The third-order valence-corrected chi connectivity index (χ3v) is 5.56. The summed E-state index contributed by atoms with van der Waals surface area (Å²) in [6, 6.07) is 5.55. The zero-order valence-electron chi connectivity index (χ0n) is 17.0. The Hall–Kier alpha value is -3.27. The number of hydrogen-bond acceptors (Lipinski definition) is 7. The molecule has 0 fully saturated rings. The van der Waals surface area contributed by atoms with Crippen LogP contribution in [-0.2, 0) is 9.53 Å². The Labute approximate surface area is 175 Å². The summed E-state index contributed by atoms with van der Waals surface area (Å²) in [7, 11) is 0. The van der Waals surface area contributed by atoms with Crippen LogP contribution in [0.15, 0.2) is 33.9 Å². The number of aromatic amines is 1. The van der Waals surface area contributed by atoms with Crippen LogP contribution in [0, 0.1) is 12.8 Å². The number of thiazole rings is 1. The maximum atomic E-state index is 13.0. The van der Waals surface area contributed by atoms with Crippen LogP contribution >= 0.6 is 11.3 Å². The molecule has 1 amide bonds. The maximum absolute atomic E-state index is 13.0. The summed E-state index contributed by atoms with van der Waals surface area (Å²) in [5.41, 5.74) is -0.391. The molecule has 3 rings (SSSR count). The van der Waals surface area contributed by atoms with Gasteiger partial charge in [-0.1, -0.05) is 37.3 Å². The van der Waals surface area contributed by atoms with Crippen molar-refractivity contribution in [2.45, 2.75) is 33.7 Å². The van der Waals surface area contributed by atoms with Gasteiger partial charge in [0, 0.05) is 0 Å². The van der Waals surface area contributed by atoms with Crippen molar-refractivity contribution in [3.05, 3.63) is 55.7 Å². The predicted octanol–water partition coefficient (Wildman–Crippen LogP) is 2.47. The minimum atomic E-state index is -1.07. The van der Waals surface area contributed by atoms with Crippen molar-refractivity contribution in [2.75, 3.05) is 11.9 Å².